The quantitative estimate of drug-likeness (QED) is 0.160. The Bertz CT molecular complexity index is 1550. The summed E-state index contributed by atoms with van der Waals surface area (Å²) < 4.78 is 39.4. The molecule has 0 aromatic heterocycles. The smallest absolute Gasteiger partial charge is 0.203 e. The second-order valence-corrected chi connectivity index (χ2v) is 11.1. The summed E-state index contributed by atoms with van der Waals surface area (Å²) >= 11 is 1.20. The van der Waals surface area contributed by atoms with Crippen LogP contribution in [-0.4, -0.2) is 59.3 Å². The van der Waals surface area contributed by atoms with Gasteiger partial charge in [-0.3, -0.25) is 9.59 Å². The van der Waals surface area contributed by atoms with Crippen LogP contribution in [0.5, 0.6) is 40.2 Å². The van der Waals surface area contributed by atoms with Crippen LogP contribution in [0.1, 0.15) is 54.0 Å². The molecule has 4 rings (SSSR count). The number of allylic oxidation sites excluding steroid dienone is 2. The fraction of sp³-hybridized carbons (Fsp3) is 0.333. The van der Waals surface area contributed by atoms with Crippen LogP contribution in [-0.2, 0) is 0 Å². The summed E-state index contributed by atoms with van der Waals surface area (Å²) in [6.07, 6.45) is -0.299. The highest BCUT2D eigenvalue weighted by molar-refractivity contribution is 8.05. The SMILES string of the molecule is COc1ccc(/C(C(=O)c2cc(OC)c(OC)c(OC)c2)=C2\Sc3cc(OC)c(OC(C)C)cc3C2=O)cc1OC(C)C. The molecule has 0 N–H and O–H groups in total. The van der Waals surface area contributed by atoms with Crippen LogP contribution in [0.2, 0.25) is 0 Å². The van der Waals surface area contributed by atoms with Crippen molar-refractivity contribution >= 4 is 28.9 Å². The number of ether oxygens (including phenoxy) is 7. The Morgan fingerprint density at radius 2 is 1.16 bits per heavy atom. The summed E-state index contributed by atoms with van der Waals surface area (Å²) in [6.45, 7) is 7.57. The molecule has 1 aliphatic rings. The normalized spacial score (nSPS) is 13.5. The third kappa shape index (κ3) is 6.39. The molecular weight excluding hydrogens is 572 g/mol. The molecule has 9 nitrogen and oxygen atoms in total. The van der Waals surface area contributed by atoms with Crippen molar-refractivity contribution in [1.82, 2.24) is 0 Å². The average Bonchev–Trinajstić information content (AvgIpc) is 3.29. The Morgan fingerprint density at radius 1 is 0.628 bits per heavy atom. The zero-order valence-corrected chi connectivity index (χ0v) is 26.6. The van der Waals surface area contributed by atoms with Crippen LogP contribution in [0.15, 0.2) is 52.3 Å². The van der Waals surface area contributed by atoms with Gasteiger partial charge in [-0.2, -0.15) is 0 Å². The van der Waals surface area contributed by atoms with E-state index in [1.807, 2.05) is 27.7 Å². The van der Waals surface area contributed by atoms with Crippen molar-refractivity contribution in [3.8, 4) is 40.2 Å². The second kappa shape index (κ2) is 13.3. The summed E-state index contributed by atoms with van der Waals surface area (Å²) in [5, 5.41) is 0. The van der Waals surface area contributed by atoms with E-state index >= 15 is 0 Å². The molecule has 10 heteroatoms. The first-order valence-corrected chi connectivity index (χ1v) is 14.4. The van der Waals surface area contributed by atoms with Crippen molar-refractivity contribution < 1.29 is 42.7 Å². The minimum absolute atomic E-state index is 0.137. The number of carbonyl (C=O) groups is 2. The Balaban J connectivity index is 1.98. The maximum absolute atomic E-state index is 14.5. The predicted molar refractivity (Wildman–Crippen MR) is 165 cm³/mol. The van der Waals surface area contributed by atoms with Crippen molar-refractivity contribution in [3.05, 3.63) is 64.1 Å². The van der Waals surface area contributed by atoms with Crippen LogP contribution < -0.4 is 33.2 Å². The third-order valence-electron chi connectivity index (χ3n) is 6.49. The molecule has 0 saturated heterocycles. The monoisotopic (exact) mass is 608 g/mol. The molecule has 0 atom stereocenters. The van der Waals surface area contributed by atoms with Gasteiger partial charge in [0.05, 0.1) is 52.7 Å². The molecule has 0 aliphatic carbocycles. The van der Waals surface area contributed by atoms with E-state index in [0.717, 1.165) is 0 Å². The first-order valence-electron chi connectivity index (χ1n) is 13.6. The lowest BCUT2D eigenvalue weighted by Gasteiger charge is -2.18. The molecule has 3 aromatic carbocycles. The zero-order chi connectivity index (χ0) is 31.4. The average molecular weight is 609 g/mol. The van der Waals surface area contributed by atoms with E-state index in [1.165, 1.54) is 33.1 Å². The molecule has 0 saturated carbocycles. The van der Waals surface area contributed by atoms with Gasteiger partial charge < -0.3 is 33.2 Å². The maximum Gasteiger partial charge on any atom is 0.203 e. The Morgan fingerprint density at radius 3 is 1.67 bits per heavy atom. The Kier molecular flexibility index (Phi) is 9.80. The number of hydrogen-bond acceptors (Lipinski definition) is 10. The van der Waals surface area contributed by atoms with Crippen molar-refractivity contribution in [1.29, 1.82) is 0 Å². The van der Waals surface area contributed by atoms with Gasteiger partial charge >= 0.3 is 0 Å². The molecule has 0 spiro atoms. The van der Waals surface area contributed by atoms with Gasteiger partial charge in [-0.05, 0) is 69.7 Å². The number of benzene rings is 3. The molecule has 228 valence electrons. The summed E-state index contributed by atoms with van der Waals surface area (Å²) in [5.41, 5.74) is 1.32. The Labute approximate surface area is 256 Å². The van der Waals surface area contributed by atoms with E-state index in [2.05, 4.69) is 0 Å². The van der Waals surface area contributed by atoms with Crippen molar-refractivity contribution in [2.45, 2.75) is 44.8 Å². The molecule has 3 aromatic rings. The van der Waals surface area contributed by atoms with Gasteiger partial charge in [0, 0.05) is 21.6 Å². The molecule has 0 unspecified atom stereocenters. The number of thioether (sulfide) groups is 1. The fourth-order valence-corrected chi connectivity index (χ4v) is 5.81. The fourth-order valence-electron chi connectivity index (χ4n) is 4.65. The summed E-state index contributed by atoms with van der Waals surface area (Å²) in [6, 6.07) is 11.7. The van der Waals surface area contributed by atoms with Crippen LogP contribution in [0.25, 0.3) is 5.57 Å². The van der Waals surface area contributed by atoms with Gasteiger partial charge in [0.25, 0.3) is 0 Å². The van der Waals surface area contributed by atoms with Gasteiger partial charge in [0.15, 0.2) is 40.3 Å². The summed E-state index contributed by atoms with van der Waals surface area (Å²) in [7, 11) is 7.52. The van der Waals surface area contributed by atoms with E-state index < -0.39 is 5.78 Å². The first kappa shape index (κ1) is 31.6. The lowest BCUT2D eigenvalue weighted by Crippen LogP contribution is -2.11. The number of Topliss-reactive ketones (excluding diaryl/α,β-unsaturated/α-hetero) is 2. The molecule has 43 heavy (non-hydrogen) atoms. The number of hydrogen-bond donors (Lipinski definition) is 0. The topological polar surface area (TPSA) is 98.8 Å². The Hall–Kier alpha value is -4.31. The predicted octanol–water partition coefficient (Wildman–Crippen LogP) is 6.89. The molecule has 0 bridgehead atoms. The van der Waals surface area contributed by atoms with Gasteiger partial charge in [0.1, 0.15) is 0 Å². The van der Waals surface area contributed by atoms with E-state index in [1.54, 1.807) is 56.7 Å². The van der Waals surface area contributed by atoms with Crippen LogP contribution in [0.4, 0.5) is 0 Å². The molecular formula is C33H36O9S. The second-order valence-electron chi connectivity index (χ2n) is 10.1. The van der Waals surface area contributed by atoms with E-state index in [0.29, 0.717) is 56.3 Å². The number of carbonyl (C=O) groups excluding carboxylic acids is 2. The lowest BCUT2D eigenvalue weighted by molar-refractivity contribution is 0.102. The van der Waals surface area contributed by atoms with Crippen LogP contribution in [0, 0.1) is 0 Å². The van der Waals surface area contributed by atoms with E-state index in [-0.39, 0.29) is 34.0 Å². The van der Waals surface area contributed by atoms with Gasteiger partial charge in [0.2, 0.25) is 11.5 Å². The van der Waals surface area contributed by atoms with Gasteiger partial charge in [-0.1, -0.05) is 17.8 Å². The molecule has 0 amide bonds. The number of fused-ring (bicyclic) bond motifs is 1. The van der Waals surface area contributed by atoms with Crippen molar-refractivity contribution in [3.63, 3.8) is 0 Å². The third-order valence-corrected chi connectivity index (χ3v) is 7.64. The summed E-state index contributed by atoms with van der Waals surface area (Å²) in [5.74, 6) is 2.09. The van der Waals surface area contributed by atoms with Crippen molar-refractivity contribution in [2.75, 3.05) is 35.5 Å². The van der Waals surface area contributed by atoms with Crippen LogP contribution >= 0.6 is 11.8 Å². The van der Waals surface area contributed by atoms with Gasteiger partial charge in [-0.15, -0.1) is 0 Å². The molecule has 0 fully saturated rings. The largest absolute Gasteiger partial charge is 0.493 e. The van der Waals surface area contributed by atoms with Crippen LogP contribution in [0.3, 0.4) is 0 Å². The minimum atomic E-state index is -0.422. The molecule has 1 heterocycles. The zero-order valence-electron chi connectivity index (χ0n) is 25.8. The summed E-state index contributed by atoms with van der Waals surface area (Å²) in [4.78, 5) is 29.5. The number of rotatable bonds is 12. The minimum Gasteiger partial charge on any atom is -0.493 e. The van der Waals surface area contributed by atoms with Gasteiger partial charge in [-0.25, -0.2) is 0 Å². The highest BCUT2D eigenvalue weighted by atomic mass is 32.2. The van der Waals surface area contributed by atoms with E-state index in [9.17, 15) is 9.59 Å². The first-order chi connectivity index (χ1) is 20.6. The standard InChI is InChI=1S/C33H36O9S/c1-17(2)41-24-12-19(10-11-22(24)36-5)29(30(34)20-13-26(38-7)32(40-9)27(14-20)39-8)33-31(35)21-15-25(42-18(3)4)23(37-6)16-28(21)43-33/h10-18H,1-9H3/b33-29+. The highest BCUT2D eigenvalue weighted by Crippen LogP contribution is 2.49. The number of ketones is 2. The maximum atomic E-state index is 14.5. The lowest BCUT2D eigenvalue weighted by atomic mass is 9.93. The van der Waals surface area contributed by atoms with Crippen molar-refractivity contribution in [2.24, 2.45) is 0 Å². The molecule has 0 radical (unpaired) electrons. The molecule has 1 aliphatic heterocycles. The number of methoxy groups -OCH3 is 5. The van der Waals surface area contributed by atoms with E-state index in [4.69, 9.17) is 33.2 Å². The highest BCUT2D eigenvalue weighted by Gasteiger charge is 2.35.